The van der Waals surface area contributed by atoms with Crippen LogP contribution >= 0.6 is 0 Å². The Labute approximate surface area is 100 Å². The highest BCUT2D eigenvalue weighted by Gasteiger charge is 2.27. The van der Waals surface area contributed by atoms with E-state index in [1.807, 2.05) is 0 Å². The first-order valence-corrected chi connectivity index (χ1v) is 6.95. The molecule has 0 aromatic heterocycles. The Balaban J connectivity index is 1.80. The highest BCUT2D eigenvalue weighted by atomic mass is 15.3. The molecule has 0 bridgehead atoms. The predicted molar refractivity (Wildman–Crippen MR) is 68.8 cm³/mol. The first kappa shape index (κ1) is 12.3. The second-order valence-corrected chi connectivity index (χ2v) is 5.46. The summed E-state index contributed by atoms with van der Waals surface area (Å²) < 4.78 is 0. The third-order valence-corrected chi connectivity index (χ3v) is 4.16. The molecule has 0 aromatic rings. The Bertz CT molecular complexity index is 197. The van der Waals surface area contributed by atoms with Gasteiger partial charge in [-0.1, -0.05) is 13.3 Å². The topological polar surface area (TPSA) is 18.5 Å². The van der Waals surface area contributed by atoms with Crippen LogP contribution in [0.2, 0.25) is 0 Å². The first-order valence-electron chi connectivity index (χ1n) is 6.95. The van der Waals surface area contributed by atoms with Crippen LogP contribution < -0.4 is 5.32 Å². The number of hydrogen-bond acceptors (Lipinski definition) is 3. The molecule has 2 unspecified atom stereocenters. The van der Waals surface area contributed by atoms with Crippen molar-refractivity contribution < 1.29 is 0 Å². The zero-order valence-electron chi connectivity index (χ0n) is 10.9. The van der Waals surface area contributed by atoms with Crippen molar-refractivity contribution in [2.45, 2.75) is 44.7 Å². The smallest absolute Gasteiger partial charge is 0.0123 e. The summed E-state index contributed by atoms with van der Waals surface area (Å²) in [5.74, 6) is 0. The van der Waals surface area contributed by atoms with E-state index in [0.29, 0.717) is 0 Å². The van der Waals surface area contributed by atoms with E-state index in [9.17, 15) is 0 Å². The maximum Gasteiger partial charge on any atom is 0.0123 e. The van der Waals surface area contributed by atoms with Crippen LogP contribution in [0.3, 0.4) is 0 Å². The highest BCUT2D eigenvalue weighted by molar-refractivity contribution is 4.86. The lowest BCUT2D eigenvalue weighted by molar-refractivity contribution is 0.0840. The van der Waals surface area contributed by atoms with Crippen molar-refractivity contribution in [3.05, 3.63) is 0 Å². The van der Waals surface area contributed by atoms with Crippen molar-refractivity contribution in [3.63, 3.8) is 0 Å². The molecule has 2 saturated heterocycles. The summed E-state index contributed by atoms with van der Waals surface area (Å²) >= 11 is 0. The number of piperazine rings is 1. The normalized spacial score (nSPS) is 34.1. The van der Waals surface area contributed by atoms with Gasteiger partial charge in [0.05, 0.1) is 0 Å². The molecule has 94 valence electrons. The van der Waals surface area contributed by atoms with Gasteiger partial charge in [0.25, 0.3) is 0 Å². The molecule has 2 aliphatic heterocycles. The maximum atomic E-state index is 3.66. The fourth-order valence-corrected chi connectivity index (χ4v) is 3.07. The molecule has 1 N–H and O–H groups in total. The molecule has 3 heteroatoms. The predicted octanol–water partition coefficient (Wildman–Crippen LogP) is 1.15. The molecule has 2 rings (SSSR count). The zero-order valence-corrected chi connectivity index (χ0v) is 10.9. The molecule has 3 nitrogen and oxygen atoms in total. The van der Waals surface area contributed by atoms with E-state index in [1.54, 1.807) is 0 Å². The summed E-state index contributed by atoms with van der Waals surface area (Å²) in [7, 11) is 2.24. The van der Waals surface area contributed by atoms with Gasteiger partial charge in [-0.2, -0.15) is 0 Å². The van der Waals surface area contributed by atoms with Crippen molar-refractivity contribution in [1.29, 1.82) is 0 Å². The number of rotatable bonds is 3. The lowest BCUT2D eigenvalue weighted by atomic mass is 9.94. The van der Waals surface area contributed by atoms with Crippen molar-refractivity contribution in [1.82, 2.24) is 15.1 Å². The molecule has 2 aliphatic rings. The van der Waals surface area contributed by atoms with Gasteiger partial charge < -0.3 is 10.2 Å². The van der Waals surface area contributed by atoms with Crippen molar-refractivity contribution >= 4 is 0 Å². The van der Waals surface area contributed by atoms with Gasteiger partial charge >= 0.3 is 0 Å². The van der Waals surface area contributed by atoms with Gasteiger partial charge in [0.1, 0.15) is 0 Å². The molecule has 0 amide bonds. The number of likely N-dealkylation sites (N-methyl/N-ethyl adjacent to an activating group) is 1. The second-order valence-electron chi connectivity index (χ2n) is 5.46. The van der Waals surface area contributed by atoms with E-state index in [1.165, 1.54) is 58.4 Å². The lowest BCUT2D eigenvalue weighted by Gasteiger charge is -2.42. The van der Waals surface area contributed by atoms with Crippen LogP contribution in [0.15, 0.2) is 0 Å². The third kappa shape index (κ3) is 3.19. The largest absolute Gasteiger partial charge is 0.314 e. The quantitative estimate of drug-likeness (QED) is 0.777. The Kier molecular flexibility index (Phi) is 4.62. The van der Waals surface area contributed by atoms with Crippen LogP contribution in [0.25, 0.3) is 0 Å². The Morgan fingerprint density at radius 1 is 1.19 bits per heavy atom. The van der Waals surface area contributed by atoms with Crippen LogP contribution in [-0.4, -0.2) is 61.7 Å². The van der Waals surface area contributed by atoms with E-state index in [0.717, 1.165) is 12.1 Å². The molecule has 0 aromatic carbocycles. The first-order chi connectivity index (χ1) is 7.79. The van der Waals surface area contributed by atoms with Gasteiger partial charge in [0.15, 0.2) is 0 Å². The van der Waals surface area contributed by atoms with E-state index in [-0.39, 0.29) is 0 Å². The minimum Gasteiger partial charge on any atom is -0.314 e. The van der Waals surface area contributed by atoms with Gasteiger partial charge in [-0.15, -0.1) is 0 Å². The van der Waals surface area contributed by atoms with E-state index in [4.69, 9.17) is 0 Å². The molecular weight excluding hydrogens is 198 g/mol. The van der Waals surface area contributed by atoms with Crippen LogP contribution in [0, 0.1) is 0 Å². The fourth-order valence-electron chi connectivity index (χ4n) is 3.07. The van der Waals surface area contributed by atoms with E-state index in [2.05, 4.69) is 29.1 Å². The summed E-state index contributed by atoms with van der Waals surface area (Å²) in [6.07, 6.45) is 5.39. The van der Waals surface area contributed by atoms with Crippen LogP contribution in [0.1, 0.15) is 32.6 Å². The van der Waals surface area contributed by atoms with Gasteiger partial charge in [0.2, 0.25) is 0 Å². The maximum absolute atomic E-state index is 3.66. The van der Waals surface area contributed by atoms with Crippen molar-refractivity contribution in [2.24, 2.45) is 0 Å². The Hall–Kier alpha value is -0.120. The number of piperidine rings is 1. The highest BCUT2D eigenvalue weighted by Crippen LogP contribution is 2.19. The van der Waals surface area contributed by atoms with Gasteiger partial charge in [-0.05, 0) is 32.9 Å². The average Bonchev–Trinajstić information content (AvgIpc) is 2.31. The SMILES string of the molecule is CCCC1CC(N2CCN(C)CC2)CCN1. The van der Waals surface area contributed by atoms with Crippen LogP contribution in [0.4, 0.5) is 0 Å². The third-order valence-electron chi connectivity index (χ3n) is 4.16. The molecular formula is C13H27N3. The molecule has 16 heavy (non-hydrogen) atoms. The minimum atomic E-state index is 0.781. The van der Waals surface area contributed by atoms with Gasteiger partial charge in [0, 0.05) is 38.3 Å². The van der Waals surface area contributed by atoms with E-state index >= 15 is 0 Å². The molecule has 2 fully saturated rings. The molecule has 2 heterocycles. The minimum absolute atomic E-state index is 0.781. The standard InChI is InChI=1S/C13H27N3/c1-3-4-12-11-13(5-6-14-12)16-9-7-15(2)8-10-16/h12-14H,3-11H2,1-2H3. The zero-order chi connectivity index (χ0) is 11.4. The Morgan fingerprint density at radius 2 is 1.94 bits per heavy atom. The monoisotopic (exact) mass is 225 g/mol. The van der Waals surface area contributed by atoms with Crippen LogP contribution in [0.5, 0.6) is 0 Å². The summed E-state index contributed by atoms with van der Waals surface area (Å²) in [5.41, 5.74) is 0. The molecule has 0 aliphatic carbocycles. The van der Waals surface area contributed by atoms with Crippen molar-refractivity contribution in [2.75, 3.05) is 39.8 Å². The lowest BCUT2D eigenvalue weighted by Crippen LogP contribution is -2.53. The molecule has 2 atom stereocenters. The van der Waals surface area contributed by atoms with Crippen LogP contribution in [-0.2, 0) is 0 Å². The average molecular weight is 225 g/mol. The van der Waals surface area contributed by atoms with E-state index < -0.39 is 0 Å². The van der Waals surface area contributed by atoms with Gasteiger partial charge in [-0.3, -0.25) is 4.90 Å². The Morgan fingerprint density at radius 3 is 2.62 bits per heavy atom. The van der Waals surface area contributed by atoms with Gasteiger partial charge in [-0.25, -0.2) is 0 Å². The fraction of sp³-hybridized carbons (Fsp3) is 1.00. The summed E-state index contributed by atoms with van der Waals surface area (Å²) in [6, 6.07) is 1.63. The van der Waals surface area contributed by atoms with Crippen molar-refractivity contribution in [3.8, 4) is 0 Å². The molecule has 0 radical (unpaired) electrons. The number of nitrogens with zero attached hydrogens (tertiary/aromatic N) is 2. The number of nitrogens with one attached hydrogen (secondary N) is 1. The molecule has 0 saturated carbocycles. The summed E-state index contributed by atoms with van der Waals surface area (Å²) in [6.45, 7) is 8.58. The molecule has 0 spiro atoms. The second kappa shape index (κ2) is 5.99. The number of hydrogen-bond donors (Lipinski definition) is 1. The summed E-state index contributed by atoms with van der Waals surface area (Å²) in [5, 5.41) is 3.66. The summed E-state index contributed by atoms with van der Waals surface area (Å²) in [4.78, 5) is 5.17.